The van der Waals surface area contributed by atoms with E-state index in [1.807, 2.05) is 60.7 Å². The van der Waals surface area contributed by atoms with Gasteiger partial charge in [-0.2, -0.15) is 0 Å². The number of hydrogen-bond donors (Lipinski definition) is 1. The minimum absolute atomic E-state index is 0.836. The standard InChI is InChI=1S/C19H18NOPS/c1-21-17-14-12-16(13-15-17)20-22(23,18-8-4-2-5-9-18)19-10-6-3-7-11-19/h2-15H,1H3,(H,20,23). The summed E-state index contributed by atoms with van der Waals surface area (Å²) in [5.41, 5.74) is 1.00. The summed E-state index contributed by atoms with van der Waals surface area (Å²) in [6, 6.07) is 28.5. The Morgan fingerprint density at radius 2 is 1.22 bits per heavy atom. The minimum Gasteiger partial charge on any atom is -0.497 e. The second-order valence-electron chi connectivity index (χ2n) is 5.12. The first-order valence-corrected chi connectivity index (χ1v) is 10.2. The third kappa shape index (κ3) is 3.47. The summed E-state index contributed by atoms with van der Waals surface area (Å²) in [5.74, 6) is 0.836. The van der Waals surface area contributed by atoms with Crippen molar-refractivity contribution in [2.24, 2.45) is 0 Å². The van der Waals surface area contributed by atoms with Gasteiger partial charge in [-0.25, -0.2) is 0 Å². The topological polar surface area (TPSA) is 21.3 Å². The fourth-order valence-electron chi connectivity index (χ4n) is 2.40. The second kappa shape index (κ2) is 6.99. The van der Waals surface area contributed by atoms with E-state index in [0.29, 0.717) is 0 Å². The largest absolute Gasteiger partial charge is 0.497 e. The van der Waals surface area contributed by atoms with Crippen LogP contribution < -0.4 is 20.4 Å². The van der Waals surface area contributed by atoms with Crippen LogP contribution in [0.2, 0.25) is 0 Å². The van der Waals surface area contributed by atoms with E-state index in [2.05, 4.69) is 29.4 Å². The van der Waals surface area contributed by atoms with Crippen molar-refractivity contribution in [1.29, 1.82) is 0 Å². The molecule has 0 radical (unpaired) electrons. The van der Waals surface area contributed by atoms with Gasteiger partial charge >= 0.3 is 0 Å². The first-order valence-electron chi connectivity index (χ1n) is 7.36. The molecule has 0 aliphatic carbocycles. The van der Waals surface area contributed by atoms with Crippen molar-refractivity contribution in [2.75, 3.05) is 12.2 Å². The van der Waals surface area contributed by atoms with Crippen LogP contribution in [0.1, 0.15) is 0 Å². The van der Waals surface area contributed by atoms with Gasteiger partial charge in [-0.1, -0.05) is 72.5 Å². The Hall–Kier alpha value is -2.09. The zero-order valence-corrected chi connectivity index (χ0v) is 14.6. The molecule has 3 aromatic carbocycles. The molecular weight excluding hydrogens is 321 g/mol. The van der Waals surface area contributed by atoms with Crippen molar-refractivity contribution in [3.63, 3.8) is 0 Å². The Bertz CT molecular complexity index is 760. The van der Waals surface area contributed by atoms with Crippen LogP contribution in [0.25, 0.3) is 0 Å². The molecule has 2 nitrogen and oxygen atoms in total. The van der Waals surface area contributed by atoms with Gasteiger partial charge in [-0.3, -0.25) is 0 Å². The summed E-state index contributed by atoms with van der Waals surface area (Å²) in [4.78, 5) is 0. The van der Waals surface area contributed by atoms with Gasteiger partial charge in [0, 0.05) is 16.3 Å². The average Bonchev–Trinajstić information content (AvgIpc) is 2.64. The van der Waals surface area contributed by atoms with Gasteiger partial charge in [0.2, 0.25) is 0 Å². The average molecular weight is 339 g/mol. The Kier molecular flexibility index (Phi) is 4.80. The molecule has 23 heavy (non-hydrogen) atoms. The molecule has 0 amide bonds. The maximum Gasteiger partial charge on any atom is 0.119 e. The molecule has 0 aliphatic rings. The number of anilines is 1. The van der Waals surface area contributed by atoms with Crippen LogP contribution >= 0.6 is 6.19 Å². The van der Waals surface area contributed by atoms with Crippen LogP contribution in [0.5, 0.6) is 5.75 Å². The Morgan fingerprint density at radius 1 is 0.739 bits per heavy atom. The number of hydrogen-bond acceptors (Lipinski definition) is 2. The Balaban J connectivity index is 2.04. The molecule has 0 atom stereocenters. The van der Waals surface area contributed by atoms with E-state index >= 15 is 0 Å². The van der Waals surface area contributed by atoms with Crippen molar-refractivity contribution >= 4 is 34.3 Å². The van der Waals surface area contributed by atoms with Gasteiger partial charge in [0.25, 0.3) is 0 Å². The highest BCUT2D eigenvalue weighted by Gasteiger charge is 2.21. The van der Waals surface area contributed by atoms with Crippen LogP contribution in [0, 0.1) is 0 Å². The zero-order chi connectivity index (χ0) is 16.1. The second-order valence-corrected chi connectivity index (χ2v) is 9.24. The summed E-state index contributed by atoms with van der Waals surface area (Å²) < 4.78 is 5.22. The van der Waals surface area contributed by atoms with Crippen LogP contribution in [0.4, 0.5) is 5.69 Å². The number of rotatable bonds is 5. The number of benzene rings is 3. The molecule has 4 heteroatoms. The van der Waals surface area contributed by atoms with Crippen molar-refractivity contribution in [2.45, 2.75) is 0 Å². The zero-order valence-electron chi connectivity index (χ0n) is 12.8. The van der Waals surface area contributed by atoms with Gasteiger partial charge in [-0.15, -0.1) is 0 Å². The molecule has 3 aromatic rings. The highest BCUT2D eigenvalue weighted by molar-refractivity contribution is 8.22. The maximum absolute atomic E-state index is 6.15. The van der Waals surface area contributed by atoms with E-state index < -0.39 is 6.19 Å². The predicted octanol–water partition coefficient (Wildman–Crippen LogP) is 4.15. The third-order valence-corrected chi connectivity index (χ3v) is 7.78. The quantitative estimate of drug-likeness (QED) is 0.706. The molecule has 3 rings (SSSR count). The SMILES string of the molecule is COc1ccc(NP(=S)(c2ccccc2)c2ccccc2)cc1. The molecule has 0 spiro atoms. The summed E-state index contributed by atoms with van der Waals surface area (Å²) in [5, 5.41) is 5.91. The number of ether oxygens (including phenoxy) is 1. The highest BCUT2D eigenvalue weighted by Crippen LogP contribution is 2.43. The lowest BCUT2D eigenvalue weighted by Gasteiger charge is -2.25. The number of nitrogens with one attached hydrogen (secondary N) is 1. The lowest BCUT2D eigenvalue weighted by atomic mass is 10.3. The van der Waals surface area contributed by atoms with Crippen LogP contribution in [-0.4, -0.2) is 7.11 Å². The molecule has 0 fully saturated rings. The van der Waals surface area contributed by atoms with Crippen LogP contribution in [0.3, 0.4) is 0 Å². The van der Waals surface area contributed by atoms with Gasteiger partial charge in [0.15, 0.2) is 0 Å². The van der Waals surface area contributed by atoms with Crippen LogP contribution in [-0.2, 0) is 11.8 Å². The predicted molar refractivity (Wildman–Crippen MR) is 103 cm³/mol. The summed E-state index contributed by atoms with van der Waals surface area (Å²) in [6.07, 6.45) is -2.13. The minimum atomic E-state index is -2.13. The van der Waals surface area contributed by atoms with Crippen molar-refractivity contribution in [1.82, 2.24) is 0 Å². The fourth-order valence-corrected chi connectivity index (χ4v) is 5.70. The molecule has 0 heterocycles. The molecule has 0 aromatic heterocycles. The lowest BCUT2D eigenvalue weighted by Crippen LogP contribution is -2.21. The number of methoxy groups -OCH3 is 1. The van der Waals surface area contributed by atoms with Gasteiger partial charge in [0.1, 0.15) is 5.75 Å². The molecular formula is C19H18NOPS. The van der Waals surface area contributed by atoms with E-state index in [-0.39, 0.29) is 0 Å². The van der Waals surface area contributed by atoms with Crippen LogP contribution in [0.15, 0.2) is 84.9 Å². The fraction of sp³-hybridized carbons (Fsp3) is 0.0526. The summed E-state index contributed by atoms with van der Waals surface area (Å²) in [7, 11) is 1.67. The molecule has 0 aliphatic heterocycles. The van der Waals surface area contributed by atoms with Crippen molar-refractivity contribution < 1.29 is 4.74 Å². The Morgan fingerprint density at radius 3 is 1.65 bits per heavy atom. The third-order valence-electron chi connectivity index (χ3n) is 3.62. The molecule has 116 valence electrons. The van der Waals surface area contributed by atoms with Crippen molar-refractivity contribution in [3.05, 3.63) is 84.9 Å². The Labute approximate surface area is 142 Å². The van der Waals surface area contributed by atoms with Gasteiger partial charge < -0.3 is 9.82 Å². The highest BCUT2D eigenvalue weighted by atomic mass is 32.4. The van der Waals surface area contributed by atoms with E-state index in [4.69, 9.17) is 16.5 Å². The molecule has 0 unspecified atom stereocenters. The molecule has 0 saturated heterocycles. The lowest BCUT2D eigenvalue weighted by molar-refractivity contribution is 0.415. The first kappa shape index (κ1) is 15.8. The maximum atomic E-state index is 6.15. The van der Waals surface area contributed by atoms with E-state index in [9.17, 15) is 0 Å². The summed E-state index contributed by atoms with van der Waals surface area (Å²) in [6.45, 7) is 0. The van der Waals surface area contributed by atoms with Gasteiger partial charge in [-0.05, 0) is 24.3 Å². The van der Waals surface area contributed by atoms with Gasteiger partial charge in [0.05, 0.1) is 13.3 Å². The van der Waals surface area contributed by atoms with E-state index in [0.717, 1.165) is 22.0 Å². The monoisotopic (exact) mass is 339 g/mol. The molecule has 1 N–H and O–H groups in total. The molecule has 0 saturated carbocycles. The van der Waals surface area contributed by atoms with E-state index in [1.165, 1.54) is 0 Å². The smallest absolute Gasteiger partial charge is 0.119 e. The first-order chi connectivity index (χ1) is 11.2. The molecule has 0 bridgehead atoms. The summed E-state index contributed by atoms with van der Waals surface area (Å²) >= 11 is 6.15. The normalized spacial score (nSPS) is 11.0. The van der Waals surface area contributed by atoms with E-state index in [1.54, 1.807) is 7.11 Å². The van der Waals surface area contributed by atoms with Crippen molar-refractivity contribution in [3.8, 4) is 5.75 Å².